The molecule has 0 fully saturated rings. The highest BCUT2D eigenvalue weighted by atomic mass is 16.5. The van der Waals surface area contributed by atoms with Crippen LogP contribution in [-0.2, 0) is 11.3 Å². The van der Waals surface area contributed by atoms with Crippen LogP contribution in [0.3, 0.4) is 0 Å². The molecule has 0 aliphatic heterocycles. The molecule has 0 atom stereocenters. The number of aromatic nitrogens is 2. The summed E-state index contributed by atoms with van der Waals surface area (Å²) < 4.78 is 12.1. The number of carbonyl (C=O) groups is 1. The Morgan fingerprint density at radius 3 is 2.91 bits per heavy atom. The van der Waals surface area contributed by atoms with Crippen molar-refractivity contribution in [1.82, 2.24) is 9.72 Å². The molecule has 23 heavy (non-hydrogen) atoms. The van der Waals surface area contributed by atoms with Crippen LogP contribution in [-0.4, -0.2) is 22.3 Å². The van der Waals surface area contributed by atoms with Gasteiger partial charge in [-0.3, -0.25) is 0 Å². The number of benzene rings is 1. The maximum Gasteiger partial charge on any atom is 0.360 e. The molecular weight excluding hydrogens is 294 g/mol. The van der Waals surface area contributed by atoms with E-state index in [1.54, 1.807) is 13.0 Å². The lowest BCUT2D eigenvalue weighted by atomic mass is 10.1. The van der Waals surface area contributed by atoms with E-state index in [1.807, 2.05) is 35.9 Å². The molecule has 0 radical (unpaired) electrons. The Hall–Kier alpha value is -3.07. The fourth-order valence-electron chi connectivity index (χ4n) is 2.51. The number of fused-ring (bicyclic) bond motifs is 1. The minimum absolute atomic E-state index is 0.133. The van der Waals surface area contributed by atoms with Crippen LogP contribution in [0.5, 0.6) is 0 Å². The summed E-state index contributed by atoms with van der Waals surface area (Å²) in [5.41, 5.74) is 2.48. The van der Waals surface area contributed by atoms with Crippen LogP contribution in [0, 0.1) is 11.3 Å². The van der Waals surface area contributed by atoms with E-state index < -0.39 is 5.97 Å². The zero-order chi connectivity index (χ0) is 16.4. The summed E-state index contributed by atoms with van der Waals surface area (Å²) >= 11 is 0. The Labute approximate surface area is 132 Å². The van der Waals surface area contributed by atoms with Crippen LogP contribution in [0.15, 0.2) is 35.0 Å². The van der Waals surface area contributed by atoms with E-state index in [0.29, 0.717) is 11.3 Å². The van der Waals surface area contributed by atoms with Crippen molar-refractivity contribution in [3.63, 3.8) is 0 Å². The number of rotatable bonds is 4. The van der Waals surface area contributed by atoms with Crippen molar-refractivity contribution in [1.29, 1.82) is 5.26 Å². The number of carbonyl (C=O) groups excluding carboxylic acids is 1. The number of esters is 1. The minimum Gasteiger partial charge on any atom is -0.461 e. The molecular formula is C17H15N3O3. The molecule has 0 unspecified atom stereocenters. The number of hydrogen-bond donors (Lipinski definition) is 0. The molecule has 0 saturated heterocycles. The standard InChI is InChI=1S/C17H15N3O3/c1-3-20-10-12(9-18)13-7-11(5-6-15(13)20)16-8-14(19-23-16)17(21)22-4-2/h5-8,10H,3-4H2,1-2H3. The van der Waals surface area contributed by atoms with Crippen molar-refractivity contribution >= 4 is 16.9 Å². The van der Waals surface area contributed by atoms with Gasteiger partial charge in [0, 0.05) is 35.3 Å². The number of hydrogen-bond acceptors (Lipinski definition) is 5. The van der Waals surface area contributed by atoms with Gasteiger partial charge < -0.3 is 13.8 Å². The van der Waals surface area contributed by atoms with Crippen molar-refractivity contribution in [2.75, 3.05) is 6.61 Å². The molecule has 0 amide bonds. The molecule has 6 nitrogen and oxygen atoms in total. The van der Waals surface area contributed by atoms with Crippen molar-refractivity contribution in [2.24, 2.45) is 0 Å². The van der Waals surface area contributed by atoms with Gasteiger partial charge in [0.2, 0.25) is 0 Å². The predicted molar refractivity (Wildman–Crippen MR) is 83.8 cm³/mol. The Balaban J connectivity index is 2.04. The molecule has 0 saturated carbocycles. The second-order valence-electron chi connectivity index (χ2n) is 4.97. The van der Waals surface area contributed by atoms with Crippen molar-refractivity contribution in [2.45, 2.75) is 20.4 Å². The van der Waals surface area contributed by atoms with Gasteiger partial charge in [-0.15, -0.1) is 0 Å². The molecule has 3 aromatic rings. The van der Waals surface area contributed by atoms with Crippen LogP contribution in [0.2, 0.25) is 0 Å². The third kappa shape index (κ3) is 2.57. The van der Waals surface area contributed by atoms with Gasteiger partial charge in [-0.25, -0.2) is 4.79 Å². The molecule has 0 spiro atoms. The van der Waals surface area contributed by atoms with Crippen molar-refractivity contribution in [3.05, 3.63) is 41.7 Å². The van der Waals surface area contributed by atoms with Gasteiger partial charge in [0.15, 0.2) is 11.5 Å². The molecule has 1 aromatic carbocycles. The largest absolute Gasteiger partial charge is 0.461 e. The summed E-state index contributed by atoms with van der Waals surface area (Å²) in [5.74, 6) is -0.0541. The monoisotopic (exact) mass is 309 g/mol. The fraction of sp³-hybridized carbons (Fsp3) is 0.235. The van der Waals surface area contributed by atoms with E-state index in [0.717, 1.165) is 23.0 Å². The van der Waals surface area contributed by atoms with E-state index in [1.165, 1.54) is 0 Å². The topological polar surface area (TPSA) is 81.0 Å². The average Bonchev–Trinajstić information content (AvgIpc) is 3.19. The minimum atomic E-state index is -0.515. The first-order valence-corrected chi connectivity index (χ1v) is 7.35. The lowest BCUT2D eigenvalue weighted by molar-refractivity contribution is 0.0514. The summed E-state index contributed by atoms with van der Waals surface area (Å²) in [6.45, 7) is 4.82. The van der Waals surface area contributed by atoms with E-state index in [9.17, 15) is 10.1 Å². The Kier molecular flexibility index (Phi) is 3.85. The summed E-state index contributed by atoms with van der Waals surface area (Å²) in [4.78, 5) is 11.7. The van der Waals surface area contributed by atoms with E-state index in [2.05, 4.69) is 11.2 Å². The van der Waals surface area contributed by atoms with Crippen LogP contribution in [0.25, 0.3) is 22.2 Å². The Morgan fingerprint density at radius 2 is 2.22 bits per heavy atom. The zero-order valence-electron chi connectivity index (χ0n) is 12.9. The molecule has 0 aliphatic carbocycles. The lowest BCUT2D eigenvalue weighted by Gasteiger charge is -2.01. The highest BCUT2D eigenvalue weighted by Crippen LogP contribution is 2.28. The molecule has 0 N–H and O–H groups in total. The quantitative estimate of drug-likeness (QED) is 0.690. The van der Waals surface area contributed by atoms with E-state index >= 15 is 0 Å². The Morgan fingerprint density at radius 1 is 1.39 bits per heavy atom. The SMILES string of the molecule is CCOC(=O)c1cc(-c2ccc3c(c2)c(C#N)cn3CC)on1. The number of ether oxygens (including phenoxy) is 1. The molecule has 0 aliphatic rings. The van der Waals surface area contributed by atoms with E-state index in [4.69, 9.17) is 9.26 Å². The maximum absolute atomic E-state index is 11.7. The number of aryl methyl sites for hydroxylation is 1. The normalized spacial score (nSPS) is 10.7. The van der Waals surface area contributed by atoms with Gasteiger partial charge >= 0.3 is 5.97 Å². The second-order valence-corrected chi connectivity index (χ2v) is 4.97. The first-order valence-electron chi connectivity index (χ1n) is 7.35. The zero-order valence-corrected chi connectivity index (χ0v) is 12.9. The van der Waals surface area contributed by atoms with Crippen LogP contribution in [0.4, 0.5) is 0 Å². The van der Waals surface area contributed by atoms with Crippen LogP contribution in [0.1, 0.15) is 29.9 Å². The highest BCUT2D eigenvalue weighted by molar-refractivity contribution is 5.91. The number of nitrogens with zero attached hydrogens (tertiary/aromatic N) is 3. The third-order valence-corrected chi connectivity index (χ3v) is 3.62. The van der Waals surface area contributed by atoms with E-state index in [-0.39, 0.29) is 12.3 Å². The summed E-state index contributed by atoms with van der Waals surface area (Å²) in [5, 5.41) is 13.9. The van der Waals surface area contributed by atoms with Crippen molar-refractivity contribution < 1.29 is 14.1 Å². The molecule has 2 aromatic heterocycles. The molecule has 3 rings (SSSR count). The summed E-state index contributed by atoms with van der Waals surface area (Å²) in [6.07, 6.45) is 1.83. The molecule has 6 heteroatoms. The van der Waals surface area contributed by atoms with Gasteiger partial charge in [-0.2, -0.15) is 5.26 Å². The van der Waals surface area contributed by atoms with Crippen LogP contribution >= 0.6 is 0 Å². The molecule has 116 valence electrons. The first-order chi connectivity index (χ1) is 11.2. The summed E-state index contributed by atoms with van der Waals surface area (Å²) in [7, 11) is 0. The number of nitriles is 1. The van der Waals surface area contributed by atoms with Gasteiger partial charge in [-0.1, -0.05) is 5.16 Å². The molecule has 0 bridgehead atoms. The molecule has 2 heterocycles. The van der Waals surface area contributed by atoms with Crippen molar-refractivity contribution in [3.8, 4) is 17.4 Å². The average molecular weight is 309 g/mol. The van der Waals surface area contributed by atoms with Gasteiger partial charge in [0.25, 0.3) is 0 Å². The predicted octanol–water partition coefficient (Wildman–Crippen LogP) is 3.36. The smallest absolute Gasteiger partial charge is 0.360 e. The fourth-order valence-corrected chi connectivity index (χ4v) is 2.51. The third-order valence-electron chi connectivity index (χ3n) is 3.62. The van der Waals surface area contributed by atoms with Crippen LogP contribution < -0.4 is 0 Å². The second kappa shape index (κ2) is 5.97. The highest BCUT2D eigenvalue weighted by Gasteiger charge is 2.16. The van der Waals surface area contributed by atoms with Gasteiger partial charge in [0.1, 0.15) is 6.07 Å². The summed E-state index contributed by atoms with van der Waals surface area (Å²) in [6, 6.07) is 9.43. The Bertz CT molecular complexity index is 915. The lowest BCUT2D eigenvalue weighted by Crippen LogP contribution is -2.04. The maximum atomic E-state index is 11.7. The van der Waals surface area contributed by atoms with Gasteiger partial charge in [0.05, 0.1) is 12.2 Å². The van der Waals surface area contributed by atoms with Gasteiger partial charge in [-0.05, 0) is 32.0 Å². The first kappa shape index (κ1) is 14.9.